The van der Waals surface area contributed by atoms with Crippen LogP contribution in [0.2, 0.25) is 10.0 Å². The van der Waals surface area contributed by atoms with Gasteiger partial charge in [-0.2, -0.15) is 0 Å². The molecule has 0 bridgehead atoms. The summed E-state index contributed by atoms with van der Waals surface area (Å²) in [5, 5.41) is 3.65. The number of rotatable bonds is 5. The summed E-state index contributed by atoms with van der Waals surface area (Å²) in [5.41, 5.74) is 0.362. The molecule has 3 rings (SSSR count). The van der Waals surface area contributed by atoms with E-state index in [0.717, 1.165) is 10.9 Å². The van der Waals surface area contributed by atoms with Gasteiger partial charge in [-0.05, 0) is 36.8 Å². The number of methoxy groups -OCH3 is 1. The van der Waals surface area contributed by atoms with Crippen molar-refractivity contribution in [2.45, 2.75) is 12.5 Å². The highest BCUT2D eigenvalue weighted by Gasteiger charge is 2.21. The number of ether oxygens (including phenoxy) is 3. The van der Waals surface area contributed by atoms with Crippen LogP contribution in [0, 0.1) is 0 Å². The summed E-state index contributed by atoms with van der Waals surface area (Å²) in [6.45, 7) is 1.15. The second-order valence-corrected chi connectivity index (χ2v) is 7.43. The van der Waals surface area contributed by atoms with Crippen LogP contribution in [0.3, 0.4) is 0 Å². The van der Waals surface area contributed by atoms with Gasteiger partial charge >= 0.3 is 0 Å². The zero-order chi connectivity index (χ0) is 18.7. The van der Waals surface area contributed by atoms with Gasteiger partial charge in [0.05, 0.1) is 35.4 Å². The molecule has 1 unspecified atom stereocenters. The summed E-state index contributed by atoms with van der Waals surface area (Å²) in [6.07, 6.45) is 0.786. The predicted octanol–water partition coefficient (Wildman–Crippen LogP) is 5.08. The standard InChI is InChI=1S/C18H16BrCl2NO4/c1-24-16-3-2-12(26-17-14(20)6-10(19)7-15(17)21)8-13(16)18(23)22-11-4-5-25-9-11/h2-3,6-8,11H,4-5,9H2,1H3,(H,22,23). The number of nitrogens with one attached hydrogen (secondary N) is 1. The second kappa shape index (κ2) is 8.48. The van der Waals surface area contributed by atoms with Crippen LogP contribution < -0.4 is 14.8 Å². The van der Waals surface area contributed by atoms with Crippen molar-refractivity contribution in [2.24, 2.45) is 0 Å². The molecule has 8 heteroatoms. The maximum atomic E-state index is 12.6. The van der Waals surface area contributed by atoms with Gasteiger partial charge < -0.3 is 19.5 Å². The average Bonchev–Trinajstić information content (AvgIpc) is 3.10. The topological polar surface area (TPSA) is 56.8 Å². The van der Waals surface area contributed by atoms with Crippen LogP contribution in [0.4, 0.5) is 0 Å². The van der Waals surface area contributed by atoms with Gasteiger partial charge in [0.15, 0.2) is 5.75 Å². The van der Waals surface area contributed by atoms with Crippen molar-refractivity contribution >= 4 is 45.0 Å². The van der Waals surface area contributed by atoms with Gasteiger partial charge in [-0.15, -0.1) is 0 Å². The zero-order valence-corrected chi connectivity index (χ0v) is 17.0. The Morgan fingerprint density at radius 3 is 2.62 bits per heavy atom. The van der Waals surface area contributed by atoms with Gasteiger partial charge in [0.1, 0.15) is 11.5 Å². The van der Waals surface area contributed by atoms with E-state index in [1.54, 1.807) is 30.3 Å². The van der Waals surface area contributed by atoms with Crippen LogP contribution in [0.5, 0.6) is 17.2 Å². The molecule has 0 radical (unpaired) electrons. The maximum Gasteiger partial charge on any atom is 0.255 e. The molecule has 138 valence electrons. The molecule has 2 aromatic rings. The molecule has 1 atom stereocenters. The van der Waals surface area contributed by atoms with Crippen LogP contribution in [0.25, 0.3) is 0 Å². The smallest absolute Gasteiger partial charge is 0.255 e. The molecule has 5 nitrogen and oxygen atoms in total. The highest BCUT2D eigenvalue weighted by molar-refractivity contribution is 9.10. The van der Waals surface area contributed by atoms with Crippen molar-refractivity contribution in [2.75, 3.05) is 20.3 Å². The number of hydrogen-bond acceptors (Lipinski definition) is 4. The minimum atomic E-state index is -0.254. The fourth-order valence-electron chi connectivity index (χ4n) is 2.58. The van der Waals surface area contributed by atoms with Gasteiger partial charge in [-0.3, -0.25) is 4.79 Å². The van der Waals surface area contributed by atoms with Gasteiger partial charge in [0.25, 0.3) is 5.91 Å². The Bertz CT molecular complexity index is 802. The third kappa shape index (κ3) is 4.43. The molecule has 1 aliphatic heterocycles. The first-order valence-electron chi connectivity index (χ1n) is 7.87. The summed E-state index contributed by atoms with van der Waals surface area (Å²) in [7, 11) is 1.51. The SMILES string of the molecule is COc1ccc(Oc2c(Cl)cc(Br)cc2Cl)cc1C(=O)NC1CCOC1. The highest BCUT2D eigenvalue weighted by Crippen LogP contribution is 2.39. The molecule has 1 fully saturated rings. The first kappa shape index (κ1) is 19.3. The number of carbonyl (C=O) groups is 1. The predicted molar refractivity (Wildman–Crippen MR) is 104 cm³/mol. The van der Waals surface area contributed by atoms with Crippen LogP contribution in [-0.4, -0.2) is 32.3 Å². The normalized spacial score (nSPS) is 16.4. The van der Waals surface area contributed by atoms with Gasteiger partial charge in [-0.1, -0.05) is 39.1 Å². The molecule has 1 N–H and O–H groups in total. The monoisotopic (exact) mass is 459 g/mol. The summed E-state index contributed by atoms with van der Waals surface area (Å²) in [5.74, 6) is 0.930. The van der Waals surface area contributed by atoms with Crippen molar-refractivity contribution < 1.29 is 19.0 Å². The van der Waals surface area contributed by atoms with Crippen LogP contribution in [0.15, 0.2) is 34.8 Å². The lowest BCUT2D eigenvalue weighted by Crippen LogP contribution is -2.35. The summed E-state index contributed by atoms with van der Waals surface area (Å²) < 4.78 is 17.1. The van der Waals surface area contributed by atoms with E-state index in [4.69, 9.17) is 37.4 Å². The number of halogens is 3. The molecule has 0 saturated carbocycles. The van der Waals surface area contributed by atoms with Crippen LogP contribution in [0.1, 0.15) is 16.8 Å². The van der Waals surface area contributed by atoms with Gasteiger partial charge in [-0.25, -0.2) is 0 Å². The van der Waals surface area contributed by atoms with E-state index in [1.807, 2.05) is 0 Å². The Labute approximate surface area is 169 Å². The zero-order valence-electron chi connectivity index (χ0n) is 13.9. The molecule has 26 heavy (non-hydrogen) atoms. The molecule has 1 amide bonds. The first-order chi connectivity index (χ1) is 12.5. The number of carbonyl (C=O) groups excluding carboxylic acids is 1. The third-order valence-corrected chi connectivity index (χ3v) is 4.88. The number of benzene rings is 2. The molecule has 1 saturated heterocycles. The molecule has 0 aliphatic carbocycles. The molecule has 0 aromatic heterocycles. The lowest BCUT2D eigenvalue weighted by Gasteiger charge is -2.15. The van der Waals surface area contributed by atoms with E-state index in [2.05, 4.69) is 21.2 Å². The Balaban J connectivity index is 1.86. The quantitative estimate of drug-likeness (QED) is 0.676. The Morgan fingerprint density at radius 1 is 1.27 bits per heavy atom. The average molecular weight is 461 g/mol. The van der Waals surface area contributed by atoms with Gasteiger partial charge in [0, 0.05) is 11.1 Å². The van der Waals surface area contributed by atoms with Crippen molar-refractivity contribution in [3.63, 3.8) is 0 Å². The Morgan fingerprint density at radius 2 is 2.00 bits per heavy atom. The van der Waals surface area contributed by atoms with E-state index in [0.29, 0.717) is 46.1 Å². The van der Waals surface area contributed by atoms with Crippen LogP contribution in [-0.2, 0) is 4.74 Å². The largest absolute Gasteiger partial charge is 0.496 e. The minimum Gasteiger partial charge on any atom is -0.496 e. The van der Waals surface area contributed by atoms with Gasteiger partial charge in [0.2, 0.25) is 0 Å². The number of hydrogen-bond donors (Lipinski definition) is 1. The second-order valence-electron chi connectivity index (χ2n) is 5.70. The fourth-order valence-corrected chi connectivity index (χ4v) is 3.87. The molecular weight excluding hydrogens is 445 g/mol. The van der Waals surface area contributed by atoms with Crippen molar-refractivity contribution in [1.82, 2.24) is 5.32 Å². The molecule has 1 heterocycles. The lowest BCUT2D eigenvalue weighted by atomic mass is 10.1. The minimum absolute atomic E-state index is 0.00727. The van der Waals surface area contributed by atoms with E-state index < -0.39 is 0 Å². The van der Waals surface area contributed by atoms with Crippen LogP contribution >= 0.6 is 39.1 Å². The Hall–Kier alpha value is -1.47. The molecule has 0 spiro atoms. The Kier molecular flexibility index (Phi) is 6.29. The van der Waals surface area contributed by atoms with E-state index in [9.17, 15) is 4.79 Å². The summed E-state index contributed by atoms with van der Waals surface area (Å²) in [4.78, 5) is 12.6. The molecule has 1 aliphatic rings. The maximum absolute atomic E-state index is 12.6. The van der Waals surface area contributed by atoms with Crippen molar-refractivity contribution in [1.29, 1.82) is 0 Å². The highest BCUT2D eigenvalue weighted by atomic mass is 79.9. The fraction of sp³-hybridized carbons (Fsp3) is 0.278. The van der Waals surface area contributed by atoms with Crippen molar-refractivity contribution in [3.8, 4) is 17.2 Å². The van der Waals surface area contributed by atoms with E-state index in [-0.39, 0.29) is 11.9 Å². The molecular formula is C18H16BrCl2NO4. The van der Waals surface area contributed by atoms with Crippen molar-refractivity contribution in [3.05, 3.63) is 50.4 Å². The lowest BCUT2D eigenvalue weighted by molar-refractivity contribution is 0.0926. The summed E-state index contributed by atoms with van der Waals surface area (Å²) >= 11 is 15.7. The number of amides is 1. The molecule has 2 aromatic carbocycles. The third-order valence-electron chi connectivity index (χ3n) is 3.86. The summed E-state index contributed by atoms with van der Waals surface area (Å²) in [6, 6.07) is 8.30. The van der Waals surface area contributed by atoms with E-state index >= 15 is 0 Å². The van der Waals surface area contributed by atoms with E-state index in [1.165, 1.54) is 7.11 Å². The first-order valence-corrected chi connectivity index (χ1v) is 9.42.